The van der Waals surface area contributed by atoms with Crippen molar-refractivity contribution in [2.24, 2.45) is 0 Å². The molecule has 0 saturated carbocycles. The molecule has 1 amide bonds. The predicted molar refractivity (Wildman–Crippen MR) is 113 cm³/mol. The van der Waals surface area contributed by atoms with Crippen molar-refractivity contribution in [1.82, 2.24) is 14.8 Å². The third kappa shape index (κ3) is 3.81. The maximum absolute atomic E-state index is 12.4. The van der Waals surface area contributed by atoms with Gasteiger partial charge in [0.15, 0.2) is 0 Å². The first-order valence-corrected chi connectivity index (χ1v) is 9.78. The zero-order chi connectivity index (χ0) is 19.7. The zero-order valence-corrected chi connectivity index (χ0v) is 16.5. The number of aromatic amines is 1. The molecular formula is C22H22ClN3O2. The Balaban J connectivity index is 1.51. The third-order valence-corrected chi connectivity index (χ3v) is 5.65. The number of carbonyl (C=O) groups is 1. The van der Waals surface area contributed by atoms with Crippen LogP contribution in [-0.2, 0) is 11.3 Å². The number of amides is 1. The highest BCUT2D eigenvalue weighted by Crippen LogP contribution is 2.25. The van der Waals surface area contributed by atoms with Crippen LogP contribution in [0.4, 0.5) is 0 Å². The van der Waals surface area contributed by atoms with E-state index in [0.717, 1.165) is 49.4 Å². The average molecular weight is 396 g/mol. The number of benzene rings is 2. The SMILES string of the molecule is CC(=O)N1CCN(Cc2ccc(-c3cc4c(Cl)cccc4c(=O)[nH]3)cc2)CC1. The summed E-state index contributed by atoms with van der Waals surface area (Å²) in [6.07, 6.45) is 0. The molecule has 6 heteroatoms. The molecule has 0 atom stereocenters. The maximum atomic E-state index is 12.4. The van der Waals surface area contributed by atoms with E-state index >= 15 is 0 Å². The second kappa shape index (κ2) is 7.78. The summed E-state index contributed by atoms with van der Waals surface area (Å²) >= 11 is 6.27. The highest BCUT2D eigenvalue weighted by molar-refractivity contribution is 6.35. The molecule has 1 fully saturated rings. The standard InChI is InChI=1S/C22H22ClN3O2/c1-15(27)26-11-9-25(10-12-26)14-16-5-7-17(8-6-16)21-13-19-18(22(28)24-21)3-2-4-20(19)23/h2-8,13H,9-12,14H2,1H3,(H,24,28). The Morgan fingerprint density at radius 3 is 2.43 bits per heavy atom. The fraction of sp³-hybridized carbons (Fsp3) is 0.273. The van der Waals surface area contributed by atoms with Crippen molar-refractivity contribution < 1.29 is 4.79 Å². The number of halogens is 1. The van der Waals surface area contributed by atoms with E-state index in [-0.39, 0.29) is 11.5 Å². The number of H-pyrrole nitrogens is 1. The van der Waals surface area contributed by atoms with E-state index in [1.54, 1.807) is 25.1 Å². The van der Waals surface area contributed by atoms with Gasteiger partial charge in [-0.2, -0.15) is 0 Å². The van der Waals surface area contributed by atoms with Gasteiger partial charge < -0.3 is 9.88 Å². The van der Waals surface area contributed by atoms with E-state index < -0.39 is 0 Å². The number of hydrogen-bond donors (Lipinski definition) is 1. The van der Waals surface area contributed by atoms with Crippen molar-refractivity contribution >= 4 is 28.3 Å². The van der Waals surface area contributed by atoms with Gasteiger partial charge in [-0.25, -0.2) is 0 Å². The van der Waals surface area contributed by atoms with Gasteiger partial charge in [-0.1, -0.05) is 41.9 Å². The van der Waals surface area contributed by atoms with Crippen LogP contribution in [0.2, 0.25) is 5.02 Å². The first-order valence-electron chi connectivity index (χ1n) is 9.40. The molecule has 1 aromatic heterocycles. The zero-order valence-electron chi connectivity index (χ0n) is 15.7. The van der Waals surface area contributed by atoms with Gasteiger partial charge in [0.05, 0.1) is 0 Å². The minimum absolute atomic E-state index is 0.137. The molecule has 4 rings (SSSR count). The topological polar surface area (TPSA) is 56.4 Å². The van der Waals surface area contributed by atoms with Crippen LogP contribution in [0.15, 0.2) is 53.3 Å². The van der Waals surface area contributed by atoms with Crippen LogP contribution in [0.3, 0.4) is 0 Å². The van der Waals surface area contributed by atoms with Crippen LogP contribution in [0, 0.1) is 0 Å². The minimum Gasteiger partial charge on any atom is -0.340 e. The second-order valence-electron chi connectivity index (χ2n) is 7.19. The van der Waals surface area contributed by atoms with Crippen molar-refractivity contribution in [1.29, 1.82) is 0 Å². The Hall–Kier alpha value is -2.63. The Labute approximate surface area is 168 Å². The van der Waals surface area contributed by atoms with E-state index in [2.05, 4.69) is 22.0 Å². The molecule has 0 unspecified atom stereocenters. The molecule has 0 spiro atoms. The Morgan fingerprint density at radius 2 is 1.75 bits per heavy atom. The van der Waals surface area contributed by atoms with E-state index in [9.17, 15) is 9.59 Å². The van der Waals surface area contributed by atoms with Crippen molar-refractivity contribution in [3.63, 3.8) is 0 Å². The number of fused-ring (bicyclic) bond motifs is 1. The fourth-order valence-electron chi connectivity index (χ4n) is 3.68. The number of carbonyl (C=O) groups excluding carboxylic acids is 1. The van der Waals surface area contributed by atoms with Gasteiger partial charge in [0.2, 0.25) is 5.91 Å². The highest BCUT2D eigenvalue weighted by Gasteiger charge is 2.18. The molecule has 28 heavy (non-hydrogen) atoms. The molecule has 5 nitrogen and oxygen atoms in total. The minimum atomic E-state index is -0.137. The molecule has 1 aliphatic rings. The quantitative estimate of drug-likeness (QED) is 0.738. The summed E-state index contributed by atoms with van der Waals surface area (Å²) in [5.74, 6) is 0.147. The number of pyridine rings is 1. The van der Waals surface area contributed by atoms with E-state index in [0.29, 0.717) is 10.4 Å². The summed E-state index contributed by atoms with van der Waals surface area (Å²) in [7, 11) is 0. The lowest BCUT2D eigenvalue weighted by Gasteiger charge is -2.34. The van der Waals surface area contributed by atoms with Crippen LogP contribution in [0.1, 0.15) is 12.5 Å². The van der Waals surface area contributed by atoms with E-state index in [1.165, 1.54) is 5.56 Å². The summed E-state index contributed by atoms with van der Waals surface area (Å²) in [6, 6.07) is 15.5. The summed E-state index contributed by atoms with van der Waals surface area (Å²) in [6.45, 7) is 5.82. The number of nitrogens with one attached hydrogen (secondary N) is 1. The Kier molecular flexibility index (Phi) is 5.20. The number of nitrogens with zero attached hydrogens (tertiary/aromatic N) is 2. The van der Waals surface area contributed by atoms with Gasteiger partial charge in [0.25, 0.3) is 5.56 Å². The molecular weight excluding hydrogens is 374 g/mol. The molecule has 2 aromatic carbocycles. The van der Waals surface area contributed by atoms with E-state index in [4.69, 9.17) is 11.6 Å². The van der Waals surface area contributed by atoms with Crippen LogP contribution < -0.4 is 5.56 Å². The molecule has 1 aliphatic heterocycles. The van der Waals surface area contributed by atoms with Crippen LogP contribution in [0.5, 0.6) is 0 Å². The van der Waals surface area contributed by atoms with Gasteiger partial charge >= 0.3 is 0 Å². The summed E-state index contributed by atoms with van der Waals surface area (Å²) in [4.78, 5) is 31.0. The summed E-state index contributed by atoms with van der Waals surface area (Å²) in [5, 5.41) is 1.93. The smallest absolute Gasteiger partial charge is 0.256 e. The monoisotopic (exact) mass is 395 g/mol. The molecule has 144 valence electrons. The lowest BCUT2D eigenvalue weighted by Crippen LogP contribution is -2.47. The lowest BCUT2D eigenvalue weighted by molar-refractivity contribution is -0.130. The third-order valence-electron chi connectivity index (χ3n) is 5.32. The van der Waals surface area contributed by atoms with Gasteiger partial charge in [0, 0.05) is 61.1 Å². The summed E-state index contributed by atoms with van der Waals surface area (Å²) < 4.78 is 0. The second-order valence-corrected chi connectivity index (χ2v) is 7.60. The normalized spacial score (nSPS) is 15.1. The van der Waals surface area contributed by atoms with Crippen LogP contribution in [-0.4, -0.2) is 46.9 Å². The molecule has 0 aliphatic carbocycles. The lowest BCUT2D eigenvalue weighted by atomic mass is 10.1. The van der Waals surface area contributed by atoms with Crippen molar-refractivity contribution in [2.45, 2.75) is 13.5 Å². The van der Waals surface area contributed by atoms with Gasteiger partial charge in [0.1, 0.15) is 0 Å². The van der Waals surface area contributed by atoms with Crippen molar-refractivity contribution in [2.75, 3.05) is 26.2 Å². The number of hydrogen-bond acceptors (Lipinski definition) is 3. The fourth-order valence-corrected chi connectivity index (χ4v) is 3.91. The van der Waals surface area contributed by atoms with Crippen molar-refractivity contribution in [3.8, 4) is 11.3 Å². The summed E-state index contributed by atoms with van der Waals surface area (Å²) in [5.41, 5.74) is 2.78. The van der Waals surface area contributed by atoms with Crippen LogP contribution in [0.25, 0.3) is 22.0 Å². The Bertz CT molecular complexity index is 1070. The molecule has 1 saturated heterocycles. The Morgan fingerprint density at radius 1 is 1.04 bits per heavy atom. The average Bonchev–Trinajstić information content (AvgIpc) is 2.70. The molecule has 0 bridgehead atoms. The van der Waals surface area contributed by atoms with Crippen LogP contribution >= 0.6 is 11.6 Å². The van der Waals surface area contributed by atoms with E-state index in [1.807, 2.05) is 23.1 Å². The number of rotatable bonds is 3. The molecule has 2 heterocycles. The first-order chi connectivity index (χ1) is 13.5. The largest absolute Gasteiger partial charge is 0.340 e. The number of piperazine rings is 1. The molecule has 1 N–H and O–H groups in total. The predicted octanol–water partition coefficient (Wildman–Crippen LogP) is 3.51. The number of aromatic nitrogens is 1. The molecule has 3 aromatic rings. The molecule has 0 radical (unpaired) electrons. The maximum Gasteiger partial charge on any atom is 0.256 e. The van der Waals surface area contributed by atoms with Crippen molar-refractivity contribution in [3.05, 3.63) is 69.5 Å². The highest BCUT2D eigenvalue weighted by atomic mass is 35.5. The van der Waals surface area contributed by atoms with Gasteiger partial charge in [-0.3, -0.25) is 14.5 Å². The van der Waals surface area contributed by atoms with Gasteiger partial charge in [-0.15, -0.1) is 0 Å². The van der Waals surface area contributed by atoms with Gasteiger partial charge in [-0.05, 0) is 29.3 Å². The first kappa shape index (κ1) is 18.7.